The van der Waals surface area contributed by atoms with E-state index >= 15 is 0 Å². The van der Waals surface area contributed by atoms with Gasteiger partial charge in [0.2, 0.25) is 0 Å². The Labute approximate surface area is 89.7 Å². The fourth-order valence-corrected chi connectivity index (χ4v) is 1.66. The van der Waals surface area contributed by atoms with E-state index in [-0.39, 0.29) is 5.91 Å². The smallest absolute Gasteiger partial charge is 0.329 e. The number of urea groups is 1. The molecule has 86 valence electrons. The first-order valence-corrected chi connectivity index (χ1v) is 4.91. The van der Waals surface area contributed by atoms with Crippen LogP contribution in [-0.4, -0.2) is 44.7 Å². The molecule has 0 spiro atoms. The molecule has 15 heavy (non-hydrogen) atoms. The van der Waals surface area contributed by atoms with Gasteiger partial charge in [-0.15, -0.1) is 0 Å². The van der Waals surface area contributed by atoms with Crippen molar-refractivity contribution in [1.29, 1.82) is 0 Å². The lowest BCUT2D eigenvalue weighted by Gasteiger charge is -2.29. The lowest BCUT2D eigenvalue weighted by atomic mass is 10.0. The Bertz CT molecular complexity index is 304. The topological polar surface area (TPSA) is 60.9 Å². The molecule has 0 radical (unpaired) electrons. The van der Waals surface area contributed by atoms with Crippen LogP contribution in [0.3, 0.4) is 0 Å². The van der Waals surface area contributed by atoms with Crippen LogP contribution in [0.5, 0.6) is 0 Å². The molecular formula is C10H18N2O3. The largest absolute Gasteiger partial charge is 0.376 e. The van der Waals surface area contributed by atoms with E-state index in [1.54, 1.807) is 34.6 Å². The van der Waals surface area contributed by atoms with Crippen LogP contribution in [0.25, 0.3) is 0 Å². The van der Waals surface area contributed by atoms with Crippen LogP contribution < -0.4 is 0 Å². The number of hydrogen-bond acceptors (Lipinski definition) is 3. The normalized spacial score (nSPS) is 21.5. The second-order valence-electron chi connectivity index (χ2n) is 5.22. The third-order valence-electron chi connectivity index (χ3n) is 2.64. The summed E-state index contributed by atoms with van der Waals surface area (Å²) in [7, 11) is 0. The third-order valence-corrected chi connectivity index (χ3v) is 2.64. The molecule has 5 nitrogen and oxygen atoms in total. The Morgan fingerprint density at radius 2 is 1.73 bits per heavy atom. The monoisotopic (exact) mass is 214 g/mol. The first-order chi connectivity index (χ1) is 6.64. The molecule has 0 unspecified atom stereocenters. The van der Waals surface area contributed by atoms with Gasteiger partial charge in [-0.05, 0) is 34.6 Å². The van der Waals surface area contributed by atoms with E-state index in [0.29, 0.717) is 0 Å². The number of nitrogens with zero attached hydrogens (tertiary/aromatic N) is 2. The summed E-state index contributed by atoms with van der Waals surface area (Å²) in [6.45, 7) is 8.20. The zero-order valence-corrected chi connectivity index (χ0v) is 9.87. The molecule has 0 aromatic heterocycles. The maximum Gasteiger partial charge on any atom is 0.329 e. The molecule has 0 aliphatic carbocycles. The van der Waals surface area contributed by atoms with Crippen LogP contribution in [0.4, 0.5) is 4.79 Å². The molecule has 5 heteroatoms. The molecule has 0 aromatic carbocycles. The summed E-state index contributed by atoms with van der Waals surface area (Å²) in [6.07, 6.45) is 0. The Kier molecular flexibility index (Phi) is 2.55. The number of carbonyl (C=O) groups excluding carboxylic acids is 2. The number of amides is 3. The van der Waals surface area contributed by atoms with Crippen LogP contribution in [0, 0.1) is 0 Å². The highest BCUT2D eigenvalue weighted by Crippen LogP contribution is 2.31. The van der Waals surface area contributed by atoms with Gasteiger partial charge in [-0.3, -0.25) is 14.6 Å². The summed E-state index contributed by atoms with van der Waals surface area (Å²) in [5.41, 5.74) is -1.52. The number of aliphatic hydroxyl groups excluding tert-OH is 1. The van der Waals surface area contributed by atoms with Crippen molar-refractivity contribution in [2.24, 2.45) is 0 Å². The Morgan fingerprint density at radius 1 is 1.27 bits per heavy atom. The second kappa shape index (κ2) is 3.20. The molecule has 1 N–H and O–H groups in total. The number of hydrogen-bond donors (Lipinski definition) is 1. The van der Waals surface area contributed by atoms with Crippen LogP contribution in [0.2, 0.25) is 0 Å². The summed E-state index contributed by atoms with van der Waals surface area (Å²) in [5, 5.41) is 9.10. The van der Waals surface area contributed by atoms with Gasteiger partial charge in [0.1, 0.15) is 12.3 Å². The number of aliphatic hydroxyl groups is 1. The predicted octanol–water partition coefficient (Wildman–Crippen LogP) is 0.777. The van der Waals surface area contributed by atoms with Crippen molar-refractivity contribution in [2.75, 3.05) is 6.73 Å². The van der Waals surface area contributed by atoms with Crippen molar-refractivity contribution in [3.8, 4) is 0 Å². The van der Waals surface area contributed by atoms with Crippen LogP contribution in [-0.2, 0) is 4.79 Å². The first kappa shape index (κ1) is 12.0. The quantitative estimate of drug-likeness (QED) is 0.656. The maximum absolute atomic E-state index is 12.0. The summed E-state index contributed by atoms with van der Waals surface area (Å²) >= 11 is 0. The van der Waals surface area contributed by atoms with Crippen molar-refractivity contribution in [3.05, 3.63) is 0 Å². The maximum atomic E-state index is 12.0. The standard InChI is InChI=1S/C10H18N2O3/c1-9(2,3)12-7(14)10(4,5)11(6-13)8(12)15/h13H,6H2,1-5H3. The minimum Gasteiger partial charge on any atom is -0.376 e. The summed E-state index contributed by atoms with van der Waals surface area (Å²) in [4.78, 5) is 26.3. The van der Waals surface area contributed by atoms with E-state index in [1.165, 1.54) is 9.80 Å². The van der Waals surface area contributed by atoms with Gasteiger partial charge in [0.25, 0.3) is 5.91 Å². The lowest BCUT2D eigenvalue weighted by Crippen LogP contribution is -2.47. The van der Waals surface area contributed by atoms with Crippen LogP contribution >= 0.6 is 0 Å². The van der Waals surface area contributed by atoms with Gasteiger partial charge < -0.3 is 5.11 Å². The SMILES string of the molecule is CC(C)(C)N1C(=O)N(CO)C(C)(C)C1=O. The van der Waals surface area contributed by atoms with E-state index in [9.17, 15) is 9.59 Å². The van der Waals surface area contributed by atoms with E-state index in [1.807, 2.05) is 0 Å². The zero-order chi connectivity index (χ0) is 12.0. The molecule has 1 rings (SSSR count). The average Bonchev–Trinajstić information content (AvgIpc) is 2.17. The Morgan fingerprint density at radius 3 is 1.93 bits per heavy atom. The van der Waals surface area contributed by atoms with E-state index in [2.05, 4.69) is 0 Å². The number of imide groups is 1. The highest BCUT2D eigenvalue weighted by atomic mass is 16.3. The molecule has 1 aliphatic heterocycles. The minimum absolute atomic E-state index is 0.269. The lowest BCUT2D eigenvalue weighted by molar-refractivity contribution is -0.135. The fourth-order valence-electron chi connectivity index (χ4n) is 1.66. The van der Waals surface area contributed by atoms with Gasteiger partial charge in [-0.25, -0.2) is 4.79 Å². The van der Waals surface area contributed by atoms with E-state index in [4.69, 9.17) is 5.11 Å². The van der Waals surface area contributed by atoms with Crippen molar-refractivity contribution >= 4 is 11.9 Å². The first-order valence-electron chi connectivity index (χ1n) is 4.91. The van der Waals surface area contributed by atoms with Gasteiger partial charge in [0, 0.05) is 5.54 Å². The average molecular weight is 214 g/mol. The number of rotatable bonds is 1. The summed E-state index contributed by atoms with van der Waals surface area (Å²) in [5.74, 6) is -0.269. The van der Waals surface area contributed by atoms with Crippen LogP contribution in [0.15, 0.2) is 0 Å². The minimum atomic E-state index is -0.959. The highest BCUT2D eigenvalue weighted by Gasteiger charge is 2.54. The van der Waals surface area contributed by atoms with E-state index in [0.717, 1.165) is 0 Å². The molecule has 3 amide bonds. The Hall–Kier alpha value is -1.10. The fraction of sp³-hybridized carbons (Fsp3) is 0.800. The summed E-state index contributed by atoms with van der Waals surface area (Å²) < 4.78 is 0. The molecule has 1 fully saturated rings. The number of carbonyl (C=O) groups is 2. The zero-order valence-electron chi connectivity index (χ0n) is 9.87. The Balaban J connectivity index is 3.17. The molecule has 0 saturated carbocycles. The molecule has 1 saturated heterocycles. The van der Waals surface area contributed by atoms with Gasteiger partial charge in [-0.1, -0.05) is 0 Å². The molecule has 0 atom stereocenters. The van der Waals surface area contributed by atoms with Crippen molar-refractivity contribution in [1.82, 2.24) is 9.80 Å². The molecule has 0 aromatic rings. The second-order valence-corrected chi connectivity index (χ2v) is 5.22. The van der Waals surface area contributed by atoms with Gasteiger partial charge in [0.15, 0.2) is 0 Å². The molecule has 1 heterocycles. The highest BCUT2D eigenvalue weighted by molar-refractivity contribution is 6.07. The van der Waals surface area contributed by atoms with Crippen molar-refractivity contribution in [3.63, 3.8) is 0 Å². The molecular weight excluding hydrogens is 196 g/mol. The molecule has 0 bridgehead atoms. The van der Waals surface area contributed by atoms with Gasteiger partial charge in [-0.2, -0.15) is 0 Å². The van der Waals surface area contributed by atoms with Gasteiger partial charge >= 0.3 is 6.03 Å². The van der Waals surface area contributed by atoms with E-state index < -0.39 is 23.8 Å². The van der Waals surface area contributed by atoms with Crippen molar-refractivity contribution < 1.29 is 14.7 Å². The third kappa shape index (κ3) is 1.61. The predicted molar refractivity (Wildman–Crippen MR) is 55.0 cm³/mol. The van der Waals surface area contributed by atoms with Crippen LogP contribution in [0.1, 0.15) is 34.6 Å². The van der Waals surface area contributed by atoms with Crippen molar-refractivity contribution in [2.45, 2.75) is 45.7 Å². The summed E-state index contributed by atoms with van der Waals surface area (Å²) in [6, 6.07) is -0.431. The molecule has 1 aliphatic rings. The van der Waals surface area contributed by atoms with Gasteiger partial charge in [0.05, 0.1) is 0 Å².